The Hall–Kier alpha value is -2.74. The van der Waals surface area contributed by atoms with Crippen molar-refractivity contribution in [2.75, 3.05) is 13.1 Å². The molecule has 0 spiro atoms. The molecular formula is C19H20N4O3S. The highest BCUT2D eigenvalue weighted by Gasteiger charge is 2.27. The Morgan fingerprint density at radius 1 is 1.41 bits per heavy atom. The first-order valence-electron chi connectivity index (χ1n) is 8.92. The van der Waals surface area contributed by atoms with Crippen LogP contribution in [0.2, 0.25) is 0 Å². The van der Waals surface area contributed by atoms with Crippen molar-refractivity contribution in [3.63, 3.8) is 0 Å². The van der Waals surface area contributed by atoms with E-state index in [-0.39, 0.29) is 22.9 Å². The Labute approximate surface area is 160 Å². The number of thiophene rings is 1. The second-order valence-corrected chi connectivity index (χ2v) is 7.61. The molecule has 1 aliphatic rings. The summed E-state index contributed by atoms with van der Waals surface area (Å²) in [5, 5.41) is 8.00. The lowest BCUT2D eigenvalue weighted by Crippen LogP contribution is -2.42. The predicted molar refractivity (Wildman–Crippen MR) is 102 cm³/mol. The van der Waals surface area contributed by atoms with Crippen molar-refractivity contribution in [3.05, 3.63) is 57.0 Å². The SMILES string of the molecule is Cn1cccc(C(=O)N2CCC[C@@H](Cc3nc(-c4ccsc4)no3)C2)c1=O. The maximum Gasteiger partial charge on any atom is 0.263 e. The van der Waals surface area contributed by atoms with Gasteiger partial charge in [0.2, 0.25) is 11.7 Å². The number of hydrogen-bond acceptors (Lipinski definition) is 6. The molecule has 1 fully saturated rings. The van der Waals surface area contributed by atoms with Gasteiger partial charge in [-0.1, -0.05) is 5.16 Å². The first kappa shape index (κ1) is 17.7. The van der Waals surface area contributed by atoms with Gasteiger partial charge in [-0.2, -0.15) is 16.3 Å². The molecule has 4 rings (SSSR count). The van der Waals surface area contributed by atoms with Gasteiger partial charge >= 0.3 is 0 Å². The molecular weight excluding hydrogens is 364 g/mol. The Kier molecular flexibility index (Phi) is 4.89. The van der Waals surface area contributed by atoms with Gasteiger partial charge in [-0.25, -0.2) is 0 Å². The van der Waals surface area contributed by atoms with Crippen molar-refractivity contribution < 1.29 is 9.32 Å². The number of hydrogen-bond donors (Lipinski definition) is 0. The summed E-state index contributed by atoms with van der Waals surface area (Å²) < 4.78 is 6.82. The van der Waals surface area contributed by atoms with Crippen LogP contribution < -0.4 is 5.56 Å². The molecule has 140 valence electrons. The van der Waals surface area contributed by atoms with Gasteiger partial charge in [0.15, 0.2) is 0 Å². The zero-order valence-corrected chi connectivity index (χ0v) is 15.8. The number of aromatic nitrogens is 3. The van der Waals surface area contributed by atoms with E-state index in [2.05, 4.69) is 10.1 Å². The highest BCUT2D eigenvalue weighted by molar-refractivity contribution is 7.08. The minimum atomic E-state index is -0.262. The number of likely N-dealkylation sites (tertiary alicyclic amines) is 1. The Morgan fingerprint density at radius 3 is 3.11 bits per heavy atom. The fraction of sp³-hybridized carbons (Fsp3) is 0.368. The van der Waals surface area contributed by atoms with Gasteiger partial charge in [-0.05, 0) is 42.3 Å². The van der Waals surface area contributed by atoms with Crippen LogP contribution in [0.3, 0.4) is 0 Å². The number of pyridine rings is 1. The highest BCUT2D eigenvalue weighted by Crippen LogP contribution is 2.23. The minimum absolute atomic E-state index is 0.203. The molecule has 4 heterocycles. The molecule has 0 aromatic carbocycles. The standard InChI is InChI=1S/C19H20N4O3S/c1-22-7-3-5-15(18(22)24)19(25)23-8-2-4-13(11-23)10-16-20-17(21-26-16)14-6-9-27-12-14/h3,5-7,9,12-13H,2,4,8,10-11H2,1H3/t13-/m0/s1. The van der Waals surface area contributed by atoms with E-state index >= 15 is 0 Å². The van der Waals surface area contributed by atoms with Crippen LogP contribution in [-0.4, -0.2) is 38.6 Å². The third-order valence-corrected chi connectivity index (χ3v) is 5.55. The molecule has 27 heavy (non-hydrogen) atoms. The summed E-state index contributed by atoms with van der Waals surface area (Å²) in [7, 11) is 1.65. The molecule has 3 aromatic heterocycles. The Morgan fingerprint density at radius 2 is 2.30 bits per heavy atom. The Bertz CT molecular complexity index is 993. The maximum absolute atomic E-state index is 12.8. The molecule has 1 saturated heterocycles. The van der Waals surface area contributed by atoms with E-state index in [1.54, 1.807) is 41.6 Å². The van der Waals surface area contributed by atoms with Gasteiger partial charge in [0.1, 0.15) is 5.56 Å². The average Bonchev–Trinajstić information content (AvgIpc) is 3.35. The third-order valence-electron chi connectivity index (χ3n) is 4.87. The van der Waals surface area contributed by atoms with Gasteiger partial charge in [0, 0.05) is 43.7 Å². The highest BCUT2D eigenvalue weighted by atomic mass is 32.1. The largest absolute Gasteiger partial charge is 0.339 e. The smallest absolute Gasteiger partial charge is 0.263 e. The van der Waals surface area contributed by atoms with Crippen LogP contribution in [0.4, 0.5) is 0 Å². The molecule has 0 N–H and O–H groups in total. The fourth-order valence-electron chi connectivity index (χ4n) is 3.44. The molecule has 8 heteroatoms. The molecule has 0 saturated carbocycles. The quantitative estimate of drug-likeness (QED) is 0.691. The van der Waals surface area contributed by atoms with Crippen LogP contribution in [0.25, 0.3) is 11.4 Å². The van der Waals surface area contributed by atoms with Crippen LogP contribution >= 0.6 is 11.3 Å². The molecule has 1 aliphatic heterocycles. The first-order chi connectivity index (χ1) is 13.1. The zero-order chi connectivity index (χ0) is 18.8. The van der Waals surface area contributed by atoms with Gasteiger partial charge in [0.05, 0.1) is 0 Å². The molecule has 1 amide bonds. The van der Waals surface area contributed by atoms with Crippen molar-refractivity contribution in [2.45, 2.75) is 19.3 Å². The second-order valence-electron chi connectivity index (χ2n) is 6.83. The van der Waals surface area contributed by atoms with Crippen LogP contribution in [0, 0.1) is 5.92 Å². The van der Waals surface area contributed by atoms with Gasteiger partial charge in [-0.15, -0.1) is 0 Å². The number of amides is 1. The van der Waals surface area contributed by atoms with E-state index in [1.165, 1.54) is 4.57 Å². The predicted octanol–water partition coefficient (Wildman–Crippen LogP) is 2.59. The van der Waals surface area contributed by atoms with Crippen molar-refractivity contribution in [3.8, 4) is 11.4 Å². The minimum Gasteiger partial charge on any atom is -0.339 e. The topological polar surface area (TPSA) is 81.2 Å². The van der Waals surface area contributed by atoms with Gasteiger partial charge in [0.25, 0.3) is 11.5 Å². The van der Waals surface area contributed by atoms with E-state index in [0.717, 1.165) is 18.4 Å². The van der Waals surface area contributed by atoms with Crippen molar-refractivity contribution in [1.82, 2.24) is 19.6 Å². The van der Waals surface area contributed by atoms with Crippen LogP contribution in [0.1, 0.15) is 29.1 Å². The number of rotatable bonds is 4. The lowest BCUT2D eigenvalue weighted by molar-refractivity contribution is 0.0665. The van der Waals surface area contributed by atoms with E-state index in [4.69, 9.17) is 4.52 Å². The second kappa shape index (κ2) is 7.48. The average molecular weight is 384 g/mol. The summed E-state index contributed by atoms with van der Waals surface area (Å²) in [6.07, 6.45) is 4.17. The fourth-order valence-corrected chi connectivity index (χ4v) is 4.07. The van der Waals surface area contributed by atoms with E-state index in [9.17, 15) is 9.59 Å². The molecule has 1 atom stereocenters. The number of carbonyl (C=O) groups is 1. The normalized spacial score (nSPS) is 17.2. The van der Waals surface area contributed by atoms with Crippen molar-refractivity contribution >= 4 is 17.2 Å². The summed E-state index contributed by atoms with van der Waals surface area (Å²) >= 11 is 1.59. The summed E-state index contributed by atoms with van der Waals surface area (Å²) in [6, 6.07) is 5.28. The van der Waals surface area contributed by atoms with Crippen LogP contribution in [-0.2, 0) is 13.5 Å². The summed E-state index contributed by atoms with van der Waals surface area (Å²) in [6.45, 7) is 1.25. The van der Waals surface area contributed by atoms with E-state index in [0.29, 0.717) is 31.2 Å². The van der Waals surface area contributed by atoms with Crippen LogP contribution in [0.15, 0.2) is 44.5 Å². The monoisotopic (exact) mass is 384 g/mol. The number of carbonyl (C=O) groups excluding carboxylic acids is 1. The summed E-state index contributed by atoms with van der Waals surface area (Å²) in [5.74, 6) is 1.23. The van der Waals surface area contributed by atoms with Crippen molar-refractivity contribution in [1.29, 1.82) is 0 Å². The van der Waals surface area contributed by atoms with Crippen molar-refractivity contribution in [2.24, 2.45) is 13.0 Å². The van der Waals surface area contributed by atoms with Gasteiger partial charge < -0.3 is 14.0 Å². The summed E-state index contributed by atoms with van der Waals surface area (Å²) in [4.78, 5) is 31.3. The maximum atomic E-state index is 12.8. The molecule has 0 radical (unpaired) electrons. The molecule has 0 aliphatic carbocycles. The molecule has 7 nitrogen and oxygen atoms in total. The van der Waals surface area contributed by atoms with Crippen LogP contribution in [0.5, 0.6) is 0 Å². The lowest BCUT2D eigenvalue weighted by Gasteiger charge is -2.32. The number of aryl methyl sites for hydroxylation is 1. The molecule has 3 aromatic rings. The zero-order valence-electron chi connectivity index (χ0n) is 15.0. The first-order valence-corrected chi connectivity index (χ1v) is 9.86. The Balaban J connectivity index is 1.44. The number of piperidine rings is 1. The van der Waals surface area contributed by atoms with E-state index in [1.807, 2.05) is 16.8 Å². The number of nitrogens with zero attached hydrogens (tertiary/aromatic N) is 4. The summed E-state index contributed by atoms with van der Waals surface area (Å²) in [5.41, 5.74) is 0.912. The molecule has 0 bridgehead atoms. The lowest BCUT2D eigenvalue weighted by atomic mass is 9.94. The van der Waals surface area contributed by atoms with Gasteiger partial charge in [-0.3, -0.25) is 9.59 Å². The molecule has 0 unspecified atom stereocenters. The third kappa shape index (κ3) is 3.71. The van der Waals surface area contributed by atoms with E-state index < -0.39 is 0 Å².